The van der Waals surface area contributed by atoms with Crippen LogP contribution in [0, 0.1) is 5.92 Å². The SMILES string of the molecule is CC(C)c1nnc(NC(=O)[C@@H]2CC(=O)N(C)[C@@H]2c2ccccc2)s1. The van der Waals surface area contributed by atoms with Crippen molar-refractivity contribution in [1.29, 1.82) is 0 Å². The lowest BCUT2D eigenvalue weighted by Crippen LogP contribution is -2.29. The third-order valence-electron chi connectivity index (χ3n) is 4.23. The van der Waals surface area contributed by atoms with Crippen LogP contribution in [0.25, 0.3) is 0 Å². The van der Waals surface area contributed by atoms with Gasteiger partial charge in [0.25, 0.3) is 0 Å². The molecule has 3 rings (SSSR count). The molecule has 2 atom stereocenters. The molecule has 0 spiro atoms. The van der Waals surface area contributed by atoms with E-state index in [1.54, 1.807) is 11.9 Å². The van der Waals surface area contributed by atoms with E-state index in [9.17, 15) is 9.59 Å². The Balaban J connectivity index is 1.80. The lowest BCUT2D eigenvalue weighted by molar-refractivity contribution is -0.127. The van der Waals surface area contributed by atoms with Crippen molar-refractivity contribution >= 4 is 28.3 Å². The molecule has 0 radical (unpaired) electrons. The summed E-state index contributed by atoms with van der Waals surface area (Å²) < 4.78 is 0. The van der Waals surface area contributed by atoms with Crippen LogP contribution in [-0.2, 0) is 9.59 Å². The van der Waals surface area contributed by atoms with Crippen LogP contribution >= 0.6 is 11.3 Å². The van der Waals surface area contributed by atoms with Gasteiger partial charge in [0, 0.05) is 19.4 Å². The fourth-order valence-electron chi connectivity index (χ4n) is 2.93. The summed E-state index contributed by atoms with van der Waals surface area (Å²) in [6, 6.07) is 9.39. The molecular formula is C17H20N4O2S. The molecular weight excluding hydrogens is 324 g/mol. The molecule has 24 heavy (non-hydrogen) atoms. The number of amides is 2. The molecule has 126 valence electrons. The number of rotatable bonds is 4. The maximum atomic E-state index is 12.7. The van der Waals surface area contributed by atoms with Gasteiger partial charge in [0.15, 0.2) is 0 Å². The van der Waals surface area contributed by atoms with Crippen LogP contribution in [0.2, 0.25) is 0 Å². The molecule has 2 amide bonds. The fourth-order valence-corrected chi connectivity index (χ4v) is 3.68. The second kappa shape index (κ2) is 6.68. The summed E-state index contributed by atoms with van der Waals surface area (Å²) in [5.41, 5.74) is 0.964. The molecule has 0 aliphatic carbocycles. The van der Waals surface area contributed by atoms with Crippen molar-refractivity contribution in [3.8, 4) is 0 Å². The molecule has 1 N–H and O–H groups in total. The first-order chi connectivity index (χ1) is 11.5. The largest absolute Gasteiger partial charge is 0.338 e. The lowest BCUT2D eigenvalue weighted by Gasteiger charge is -2.24. The van der Waals surface area contributed by atoms with Crippen molar-refractivity contribution in [2.24, 2.45) is 5.92 Å². The predicted octanol–water partition coefficient (Wildman–Crippen LogP) is 2.82. The molecule has 1 aliphatic rings. The number of likely N-dealkylation sites (tertiary alicyclic amines) is 1. The molecule has 6 nitrogen and oxygen atoms in total. The molecule has 1 fully saturated rings. The number of hydrogen-bond donors (Lipinski definition) is 1. The average Bonchev–Trinajstić information content (AvgIpc) is 3.14. The summed E-state index contributed by atoms with van der Waals surface area (Å²) in [6.45, 7) is 4.06. The zero-order valence-corrected chi connectivity index (χ0v) is 14.7. The van der Waals surface area contributed by atoms with Crippen LogP contribution in [0.15, 0.2) is 30.3 Å². The van der Waals surface area contributed by atoms with Crippen LogP contribution in [0.5, 0.6) is 0 Å². The van der Waals surface area contributed by atoms with Crippen molar-refractivity contribution in [3.05, 3.63) is 40.9 Å². The van der Waals surface area contributed by atoms with Crippen molar-refractivity contribution in [1.82, 2.24) is 15.1 Å². The predicted molar refractivity (Wildman–Crippen MR) is 92.7 cm³/mol. The molecule has 0 bridgehead atoms. The first-order valence-corrected chi connectivity index (χ1v) is 8.74. The Kier molecular flexibility index (Phi) is 4.62. The van der Waals surface area contributed by atoms with Crippen molar-refractivity contribution in [2.75, 3.05) is 12.4 Å². The molecule has 1 saturated heterocycles. The highest BCUT2D eigenvalue weighted by atomic mass is 32.1. The molecule has 0 unspecified atom stereocenters. The topological polar surface area (TPSA) is 75.2 Å². The quantitative estimate of drug-likeness (QED) is 0.925. The number of aromatic nitrogens is 2. The van der Waals surface area contributed by atoms with Gasteiger partial charge < -0.3 is 10.2 Å². The smallest absolute Gasteiger partial charge is 0.232 e. The van der Waals surface area contributed by atoms with Crippen LogP contribution in [0.1, 0.15) is 42.8 Å². The third kappa shape index (κ3) is 3.17. The van der Waals surface area contributed by atoms with Gasteiger partial charge in [-0.3, -0.25) is 9.59 Å². The fraction of sp³-hybridized carbons (Fsp3) is 0.412. The van der Waals surface area contributed by atoms with Gasteiger partial charge in [0.05, 0.1) is 12.0 Å². The van der Waals surface area contributed by atoms with Gasteiger partial charge in [-0.2, -0.15) is 0 Å². The van der Waals surface area contributed by atoms with Gasteiger partial charge in [-0.15, -0.1) is 10.2 Å². The van der Waals surface area contributed by atoms with E-state index in [4.69, 9.17) is 0 Å². The summed E-state index contributed by atoms with van der Waals surface area (Å²) in [5, 5.41) is 12.3. The minimum absolute atomic E-state index is 0.0239. The highest BCUT2D eigenvalue weighted by molar-refractivity contribution is 7.15. The Bertz CT molecular complexity index is 744. The normalized spacial score (nSPS) is 20.7. The monoisotopic (exact) mass is 344 g/mol. The Labute approximate surface area is 144 Å². The second-order valence-electron chi connectivity index (χ2n) is 6.26. The standard InChI is InChI=1S/C17H20N4O2S/c1-10(2)16-19-20-17(24-16)18-15(23)12-9-13(22)21(3)14(12)11-7-5-4-6-8-11/h4-8,10,12,14H,9H2,1-3H3,(H,18,20,23)/t12-,14-/m1/s1. The maximum absolute atomic E-state index is 12.7. The minimum Gasteiger partial charge on any atom is -0.338 e. The molecule has 2 heterocycles. The maximum Gasteiger partial charge on any atom is 0.232 e. The number of anilines is 1. The molecule has 0 saturated carbocycles. The van der Waals surface area contributed by atoms with E-state index in [1.165, 1.54) is 11.3 Å². The lowest BCUT2D eigenvalue weighted by atomic mass is 9.93. The Morgan fingerprint density at radius 1 is 1.29 bits per heavy atom. The summed E-state index contributed by atoms with van der Waals surface area (Å²) in [7, 11) is 1.75. The van der Waals surface area contributed by atoms with Crippen molar-refractivity contribution in [3.63, 3.8) is 0 Å². The number of nitrogens with one attached hydrogen (secondary N) is 1. The highest BCUT2D eigenvalue weighted by Gasteiger charge is 2.42. The van der Waals surface area contributed by atoms with Gasteiger partial charge in [-0.25, -0.2) is 0 Å². The number of nitrogens with zero attached hydrogens (tertiary/aromatic N) is 3. The third-order valence-corrected chi connectivity index (χ3v) is 5.37. The Hall–Kier alpha value is -2.28. The van der Waals surface area contributed by atoms with Crippen LogP contribution < -0.4 is 5.32 Å². The molecule has 1 aromatic carbocycles. The van der Waals surface area contributed by atoms with E-state index in [-0.39, 0.29) is 30.2 Å². The average molecular weight is 344 g/mol. The van der Waals surface area contributed by atoms with E-state index >= 15 is 0 Å². The number of hydrogen-bond acceptors (Lipinski definition) is 5. The second-order valence-corrected chi connectivity index (χ2v) is 7.27. The number of carbonyl (C=O) groups excluding carboxylic acids is 2. The van der Waals surface area contributed by atoms with Gasteiger partial charge in [-0.1, -0.05) is 55.5 Å². The molecule has 1 aliphatic heterocycles. The van der Waals surface area contributed by atoms with Crippen LogP contribution in [0.3, 0.4) is 0 Å². The molecule has 1 aromatic heterocycles. The van der Waals surface area contributed by atoms with Crippen LogP contribution in [-0.4, -0.2) is 34.0 Å². The first kappa shape index (κ1) is 16.6. The van der Waals surface area contributed by atoms with E-state index in [0.29, 0.717) is 5.13 Å². The van der Waals surface area contributed by atoms with Gasteiger partial charge in [0.2, 0.25) is 16.9 Å². The van der Waals surface area contributed by atoms with Gasteiger partial charge in [-0.05, 0) is 5.56 Å². The number of benzene rings is 1. The van der Waals surface area contributed by atoms with Crippen molar-refractivity contribution < 1.29 is 9.59 Å². The number of carbonyl (C=O) groups is 2. The summed E-state index contributed by atoms with van der Waals surface area (Å²) in [6.07, 6.45) is 0.206. The van der Waals surface area contributed by atoms with Gasteiger partial charge in [0.1, 0.15) is 5.01 Å². The summed E-state index contributed by atoms with van der Waals surface area (Å²) in [5.74, 6) is -0.377. The molecule has 7 heteroatoms. The highest BCUT2D eigenvalue weighted by Crippen LogP contribution is 2.37. The zero-order chi connectivity index (χ0) is 17.3. The zero-order valence-electron chi connectivity index (χ0n) is 13.9. The Morgan fingerprint density at radius 3 is 2.62 bits per heavy atom. The first-order valence-electron chi connectivity index (χ1n) is 7.92. The van der Waals surface area contributed by atoms with Crippen LogP contribution in [0.4, 0.5) is 5.13 Å². The van der Waals surface area contributed by atoms with E-state index < -0.39 is 5.92 Å². The van der Waals surface area contributed by atoms with Crippen molar-refractivity contribution in [2.45, 2.75) is 32.2 Å². The summed E-state index contributed by atoms with van der Waals surface area (Å²) in [4.78, 5) is 26.5. The van der Waals surface area contributed by atoms with E-state index in [1.807, 2.05) is 44.2 Å². The van der Waals surface area contributed by atoms with Gasteiger partial charge >= 0.3 is 0 Å². The van der Waals surface area contributed by atoms with E-state index in [0.717, 1.165) is 10.6 Å². The molecule has 2 aromatic rings. The van der Waals surface area contributed by atoms with E-state index in [2.05, 4.69) is 15.5 Å². The Morgan fingerprint density at radius 2 is 2.00 bits per heavy atom. The minimum atomic E-state index is -0.434. The summed E-state index contributed by atoms with van der Waals surface area (Å²) >= 11 is 1.37.